The van der Waals surface area contributed by atoms with Crippen LogP contribution in [0.1, 0.15) is 36.0 Å². The van der Waals surface area contributed by atoms with Gasteiger partial charge in [-0.15, -0.1) is 0 Å². The molecule has 0 saturated carbocycles. The summed E-state index contributed by atoms with van der Waals surface area (Å²) in [5.41, 5.74) is 0.362. The highest BCUT2D eigenvalue weighted by molar-refractivity contribution is 6.30. The molecule has 2 rings (SSSR count). The Kier molecular flexibility index (Phi) is 5.41. The van der Waals surface area contributed by atoms with E-state index in [0.29, 0.717) is 10.6 Å². The van der Waals surface area contributed by atoms with Crippen LogP contribution in [0.4, 0.5) is 0 Å². The van der Waals surface area contributed by atoms with Gasteiger partial charge in [-0.3, -0.25) is 4.79 Å². The van der Waals surface area contributed by atoms with Crippen molar-refractivity contribution < 1.29 is 14.3 Å². The van der Waals surface area contributed by atoms with E-state index in [1.807, 2.05) is 0 Å². The first kappa shape index (κ1) is 14.9. The molecule has 1 aromatic rings. The molecule has 1 saturated heterocycles. The predicted molar refractivity (Wildman–Crippen MR) is 76.8 cm³/mol. The van der Waals surface area contributed by atoms with E-state index in [9.17, 15) is 9.59 Å². The molecule has 1 fully saturated rings. The van der Waals surface area contributed by atoms with Gasteiger partial charge in [-0.1, -0.05) is 30.5 Å². The maximum absolute atomic E-state index is 12.0. The van der Waals surface area contributed by atoms with Gasteiger partial charge in [0, 0.05) is 18.1 Å². The van der Waals surface area contributed by atoms with E-state index in [-0.39, 0.29) is 12.5 Å². The summed E-state index contributed by atoms with van der Waals surface area (Å²) >= 11 is 5.81. The van der Waals surface area contributed by atoms with Crippen molar-refractivity contribution in [1.29, 1.82) is 0 Å². The molecule has 1 aromatic carbocycles. The highest BCUT2D eigenvalue weighted by Gasteiger charge is 2.17. The first-order valence-electron chi connectivity index (χ1n) is 6.87. The number of rotatable bonds is 3. The van der Waals surface area contributed by atoms with Crippen molar-refractivity contribution in [2.45, 2.75) is 25.7 Å². The normalized spacial score (nSPS) is 15.6. The average molecular weight is 296 g/mol. The highest BCUT2D eigenvalue weighted by Crippen LogP contribution is 2.12. The topological polar surface area (TPSA) is 46.6 Å². The van der Waals surface area contributed by atoms with Gasteiger partial charge in [0.25, 0.3) is 5.91 Å². The molecule has 0 radical (unpaired) electrons. The fourth-order valence-corrected chi connectivity index (χ4v) is 2.43. The molecule has 0 aromatic heterocycles. The third-order valence-corrected chi connectivity index (χ3v) is 3.58. The van der Waals surface area contributed by atoms with Gasteiger partial charge in [0.1, 0.15) is 0 Å². The third kappa shape index (κ3) is 4.23. The Hall–Kier alpha value is -1.55. The number of benzene rings is 1. The van der Waals surface area contributed by atoms with E-state index in [2.05, 4.69) is 0 Å². The number of likely N-dealkylation sites (tertiary alicyclic amines) is 1. The lowest BCUT2D eigenvalue weighted by atomic mass is 10.2. The molecular weight excluding hydrogens is 278 g/mol. The maximum Gasteiger partial charge on any atom is 0.338 e. The standard InChI is InChI=1S/C15H18ClNO3/c16-13-7-5-6-12(10-13)15(19)20-11-14(18)17-8-3-1-2-4-9-17/h5-7,10H,1-4,8-9,11H2. The minimum Gasteiger partial charge on any atom is -0.452 e. The van der Waals surface area contributed by atoms with E-state index in [4.69, 9.17) is 16.3 Å². The van der Waals surface area contributed by atoms with Crippen LogP contribution in [0.5, 0.6) is 0 Å². The van der Waals surface area contributed by atoms with E-state index in [1.165, 1.54) is 6.07 Å². The van der Waals surface area contributed by atoms with Crippen molar-refractivity contribution in [3.05, 3.63) is 34.9 Å². The molecule has 5 heteroatoms. The second-order valence-electron chi connectivity index (χ2n) is 4.88. The number of carbonyl (C=O) groups excluding carboxylic acids is 2. The van der Waals surface area contributed by atoms with Crippen LogP contribution in [0.3, 0.4) is 0 Å². The largest absolute Gasteiger partial charge is 0.452 e. The molecule has 0 atom stereocenters. The number of carbonyl (C=O) groups is 2. The van der Waals surface area contributed by atoms with Gasteiger partial charge in [0.2, 0.25) is 0 Å². The summed E-state index contributed by atoms with van der Waals surface area (Å²) in [6.07, 6.45) is 4.36. The lowest BCUT2D eigenvalue weighted by Crippen LogP contribution is -2.35. The van der Waals surface area contributed by atoms with Crippen molar-refractivity contribution >= 4 is 23.5 Å². The molecule has 1 heterocycles. The van der Waals surface area contributed by atoms with Gasteiger partial charge >= 0.3 is 5.97 Å². The molecule has 1 aliphatic rings. The first-order chi connectivity index (χ1) is 9.66. The lowest BCUT2D eigenvalue weighted by molar-refractivity contribution is -0.134. The van der Waals surface area contributed by atoms with Crippen LogP contribution in [-0.4, -0.2) is 36.5 Å². The third-order valence-electron chi connectivity index (χ3n) is 3.35. The quantitative estimate of drug-likeness (QED) is 0.806. The summed E-state index contributed by atoms with van der Waals surface area (Å²) in [6, 6.07) is 6.50. The molecule has 0 bridgehead atoms. The zero-order chi connectivity index (χ0) is 14.4. The van der Waals surface area contributed by atoms with E-state index in [1.54, 1.807) is 23.1 Å². The Morgan fingerprint density at radius 3 is 2.50 bits per heavy atom. The SMILES string of the molecule is O=C(OCC(=O)N1CCCCCC1)c1cccc(Cl)c1. The van der Waals surface area contributed by atoms with Crippen molar-refractivity contribution in [3.63, 3.8) is 0 Å². The van der Waals surface area contributed by atoms with Gasteiger partial charge in [-0.2, -0.15) is 0 Å². The Bertz CT molecular complexity index is 482. The fourth-order valence-electron chi connectivity index (χ4n) is 2.24. The van der Waals surface area contributed by atoms with Crippen LogP contribution in [0.25, 0.3) is 0 Å². The summed E-state index contributed by atoms with van der Waals surface area (Å²) in [7, 11) is 0. The summed E-state index contributed by atoms with van der Waals surface area (Å²) < 4.78 is 5.05. The van der Waals surface area contributed by atoms with Gasteiger partial charge in [0.05, 0.1) is 5.56 Å². The minimum absolute atomic E-state index is 0.123. The maximum atomic E-state index is 12.0. The summed E-state index contributed by atoms with van der Waals surface area (Å²) in [5, 5.41) is 0.471. The summed E-state index contributed by atoms with van der Waals surface area (Å²) in [4.78, 5) is 25.6. The molecule has 0 unspecified atom stereocenters. The van der Waals surface area contributed by atoms with Crippen LogP contribution in [0, 0.1) is 0 Å². The monoisotopic (exact) mass is 295 g/mol. The Balaban J connectivity index is 1.84. The molecule has 0 aliphatic carbocycles. The summed E-state index contributed by atoms with van der Waals surface area (Å²) in [5.74, 6) is -0.641. The highest BCUT2D eigenvalue weighted by atomic mass is 35.5. The smallest absolute Gasteiger partial charge is 0.338 e. The molecule has 1 aliphatic heterocycles. The van der Waals surface area contributed by atoms with Crippen LogP contribution in [-0.2, 0) is 9.53 Å². The van der Waals surface area contributed by atoms with Gasteiger partial charge in [-0.05, 0) is 31.0 Å². The minimum atomic E-state index is -0.518. The first-order valence-corrected chi connectivity index (χ1v) is 7.25. The van der Waals surface area contributed by atoms with E-state index in [0.717, 1.165) is 38.8 Å². The van der Waals surface area contributed by atoms with Gasteiger partial charge < -0.3 is 9.64 Å². The van der Waals surface area contributed by atoms with Crippen molar-refractivity contribution in [3.8, 4) is 0 Å². The Labute approximate surface area is 123 Å². The van der Waals surface area contributed by atoms with E-state index >= 15 is 0 Å². The zero-order valence-electron chi connectivity index (χ0n) is 11.3. The number of ether oxygens (including phenoxy) is 1. The second-order valence-corrected chi connectivity index (χ2v) is 5.32. The molecule has 1 amide bonds. The predicted octanol–water partition coefficient (Wildman–Crippen LogP) is 2.90. The molecular formula is C15H18ClNO3. The van der Waals surface area contributed by atoms with Crippen LogP contribution < -0.4 is 0 Å². The Morgan fingerprint density at radius 2 is 1.85 bits per heavy atom. The van der Waals surface area contributed by atoms with Crippen molar-refractivity contribution in [2.75, 3.05) is 19.7 Å². The van der Waals surface area contributed by atoms with Crippen molar-refractivity contribution in [1.82, 2.24) is 4.90 Å². The number of nitrogens with zero attached hydrogens (tertiary/aromatic N) is 1. The van der Waals surface area contributed by atoms with Crippen LogP contribution in [0.15, 0.2) is 24.3 Å². The molecule has 0 N–H and O–H groups in total. The molecule has 4 nitrogen and oxygen atoms in total. The lowest BCUT2D eigenvalue weighted by Gasteiger charge is -2.19. The molecule has 20 heavy (non-hydrogen) atoms. The van der Waals surface area contributed by atoms with Crippen LogP contribution >= 0.6 is 11.6 Å². The zero-order valence-corrected chi connectivity index (χ0v) is 12.1. The van der Waals surface area contributed by atoms with Crippen molar-refractivity contribution in [2.24, 2.45) is 0 Å². The number of hydrogen-bond acceptors (Lipinski definition) is 3. The fraction of sp³-hybridized carbons (Fsp3) is 0.467. The second kappa shape index (κ2) is 7.29. The van der Waals surface area contributed by atoms with Gasteiger partial charge in [0.15, 0.2) is 6.61 Å². The van der Waals surface area contributed by atoms with Gasteiger partial charge in [-0.25, -0.2) is 4.79 Å². The number of esters is 1. The van der Waals surface area contributed by atoms with E-state index < -0.39 is 5.97 Å². The molecule has 0 spiro atoms. The number of halogens is 1. The number of amides is 1. The Morgan fingerprint density at radius 1 is 1.15 bits per heavy atom. The average Bonchev–Trinajstić information content (AvgIpc) is 2.73. The molecule has 108 valence electrons. The van der Waals surface area contributed by atoms with Crippen LogP contribution in [0.2, 0.25) is 5.02 Å². The number of hydrogen-bond donors (Lipinski definition) is 0. The summed E-state index contributed by atoms with van der Waals surface area (Å²) in [6.45, 7) is 1.31.